The summed E-state index contributed by atoms with van der Waals surface area (Å²) in [7, 11) is 5.76. The van der Waals surface area contributed by atoms with Crippen molar-refractivity contribution in [3.05, 3.63) is 4.88 Å². The quantitative estimate of drug-likeness (QED) is 0.787. The first-order valence-corrected chi connectivity index (χ1v) is 7.19. The second-order valence-corrected chi connectivity index (χ2v) is 5.58. The normalized spacial score (nSPS) is 10.8. The van der Waals surface area contributed by atoms with Crippen LogP contribution in [-0.2, 0) is 0 Å². The number of nitrogens with two attached hydrogens (primary N) is 1. The maximum atomic E-state index is 12.5. The number of carbonyl (C=O) groups excluding carboxylic acids is 1. The molecule has 0 aliphatic heterocycles. The molecule has 0 spiro atoms. The fourth-order valence-corrected chi connectivity index (χ4v) is 2.45. The van der Waals surface area contributed by atoms with Gasteiger partial charge in [-0.1, -0.05) is 18.3 Å². The number of nitrogens with one attached hydrogen (secondary N) is 1. The molecule has 1 heterocycles. The number of thiazole rings is 1. The minimum absolute atomic E-state index is 0.0276. The molecule has 0 saturated heterocycles. The van der Waals surface area contributed by atoms with Crippen LogP contribution in [0.4, 0.5) is 10.9 Å². The van der Waals surface area contributed by atoms with Crippen LogP contribution >= 0.6 is 11.3 Å². The third-order valence-corrected chi connectivity index (χ3v) is 3.74. The van der Waals surface area contributed by atoms with E-state index < -0.39 is 0 Å². The second-order valence-electron chi connectivity index (χ2n) is 4.58. The van der Waals surface area contributed by atoms with E-state index in [0.717, 1.165) is 19.5 Å². The highest BCUT2D eigenvalue weighted by atomic mass is 32.1. The SMILES string of the molecule is CCCN(CCN(C)C)C(=O)c1sc(NC)nc1N. The third kappa shape index (κ3) is 4.36. The van der Waals surface area contributed by atoms with Gasteiger partial charge in [-0.3, -0.25) is 4.79 Å². The van der Waals surface area contributed by atoms with E-state index in [-0.39, 0.29) is 5.91 Å². The molecule has 7 heteroatoms. The van der Waals surface area contributed by atoms with Gasteiger partial charge in [0.1, 0.15) is 10.7 Å². The maximum Gasteiger partial charge on any atom is 0.267 e. The van der Waals surface area contributed by atoms with Crippen molar-refractivity contribution in [1.29, 1.82) is 0 Å². The molecule has 0 aliphatic carbocycles. The van der Waals surface area contributed by atoms with Gasteiger partial charge >= 0.3 is 0 Å². The van der Waals surface area contributed by atoms with E-state index in [4.69, 9.17) is 5.73 Å². The number of anilines is 2. The Morgan fingerprint density at radius 1 is 1.37 bits per heavy atom. The smallest absolute Gasteiger partial charge is 0.267 e. The highest BCUT2D eigenvalue weighted by Crippen LogP contribution is 2.25. The minimum Gasteiger partial charge on any atom is -0.382 e. The highest BCUT2D eigenvalue weighted by molar-refractivity contribution is 7.18. The number of aromatic nitrogens is 1. The summed E-state index contributed by atoms with van der Waals surface area (Å²) >= 11 is 1.30. The zero-order valence-corrected chi connectivity index (χ0v) is 12.9. The topological polar surface area (TPSA) is 74.5 Å². The van der Waals surface area contributed by atoms with E-state index in [1.54, 1.807) is 7.05 Å². The number of hydrogen-bond acceptors (Lipinski definition) is 6. The molecule has 0 saturated carbocycles. The van der Waals surface area contributed by atoms with Gasteiger partial charge in [-0.15, -0.1) is 0 Å². The first kappa shape index (κ1) is 15.7. The second kappa shape index (κ2) is 7.30. The van der Waals surface area contributed by atoms with Gasteiger partial charge in [0, 0.05) is 26.7 Å². The first-order chi connectivity index (χ1) is 8.99. The maximum absolute atomic E-state index is 12.5. The van der Waals surface area contributed by atoms with Gasteiger partial charge in [0.05, 0.1) is 0 Å². The molecule has 108 valence electrons. The Hall–Kier alpha value is -1.34. The molecule has 1 rings (SSSR count). The van der Waals surface area contributed by atoms with E-state index in [1.165, 1.54) is 11.3 Å². The zero-order valence-electron chi connectivity index (χ0n) is 12.1. The van der Waals surface area contributed by atoms with E-state index in [0.29, 0.717) is 22.4 Å². The van der Waals surface area contributed by atoms with Crippen molar-refractivity contribution in [2.75, 3.05) is 51.8 Å². The van der Waals surface area contributed by atoms with Gasteiger partial charge < -0.3 is 20.9 Å². The van der Waals surface area contributed by atoms with Gasteiger partial charge in [0.25, 0.3) is 5.91 Å². The number of amides is 1. The molecule has 1 amide bonds. The lowest BCUT2D eigenvalue weighted by molar-refractivity contribution is 0.0750. The molecule has 6 nitrogen and oxygen atoms in total. The number of nitrogen functional groups attached to an aromatic ring is 1. The predicted molar refractivity (Wildman–Crippen MR) is 80.8 cm³/mol. The lowest BCUT2D eigenvalue weighted by atomic mass is 10.3. The summed E-state index contributed by atoms with van der Waals surface area (Å²) in [6, 6.07) is 0. The molecule has 0 aliphatic rings. The lowest BCUT2D eigenvalue weighted by Gasteiger charge is -2.23. The molecule has 0 atom stereocenters. The van der Waals surface area contributed by atoms with Gasteiger partial charge in [-0.05, 0) is 20.5 Å². The summed E-state index contributed by atoms with van der Waals surface area (Å²) in [4.78, 5) is 21.0. The summed E-state index contributed by atoms with van der Waals surface area (Å²) in [6.07, 6.45) is 0.927. The molecular weight excluding hydrogens is 262 g/mol. The van der Waals surface area contributed by atoms with Gasteiger partial charge in [-0.2, -0.15) is 0 Å². The average molecular weight is 285 g/mol. The van der Waals surface area contributed by atoms with Gasteiger partial charge in [0.15, 0.2) is 5.13 Å². The summed E-state index contributed by atoms with van der Waals surface area (Å²) in [5.41, 5.74) is 5.81. The zero-order chi connectivity index (χ0) is 14.4. The van der Waals surface area contributed by atoms with E-state index in [1.807, 2.05) is 19.0 Å². The molecule has 19 heavy (non-hydrogen) atoms. The van der Waals surface area contributed by atoms with Crippen LogP contribution in [0.1, 0.15) is 23.0 Å². The average Bonchev–Trinajstić information content (AvgIpc) is 2.74. The number of hydrogen-bond donors (Lipinski definition) is 2. The molecule has 0 aromatic carbocycles. The summed E-state index contributed by atoms with van der Waals surface area (Å²) in [5.74, 6) is 0.283. The Kier molecular flexibility index (Phi) is 6.04. The Morgan fingerprint density at radius 2 is 2.05 bits per heavy atom. The highest BCUT2D eigenvalue weighted by Gasteiger charge is 2.21. The van der Waals surface area contributed by atoms with Crippen LogP contribution in [0, 0.1) is 0 Å². The lowest BCUT2D eigenvalue weighted by Crippen LogP contribution is -2.37. The Balaban J connectivity index is 2.82. The van der Waals surface area contributed by atoms with Crippen molar-refractivity contribution in [1.82, 2.24) is 14.8 Å². The predicted octanol–water partition coefficient (Wildman–Crippen LogP) is 1.18. The Bertz CT molecular complexity index is 418. The molecule has 0 fully saturated rings. The van der Waals surface area contributed by atoms with E-state index in [9.17, 15) is 4.79 Å². The van der Waals surface area contributed by atoms with E-state index >= 15 is 0 Å². The molecular formula is C12H23N5OS. The summed E-state index contributed by atoms with van der Waals surface area (Å²) in [5, 5.41) is 3.58. The number of carbonyl (C=O) groups is 1. The Morgan fingerprint density at radius 3 is 2.53 bits per heavy atom. The van der Waals surface area contributed by atoms with Crippen LogP contribution in [0.2, 0.25) is 0 Å². The van der Waals surface area contributed by atoms with Crippen molar-refractivity contribution < 1.29 is 4.79 Å². The van der Waals surface area contributed by atoms with Crippen LogP contribution in [0.25, 0.3) is 0 Å². The third-order valence-electron chi connectivity index (χ3n) is 2.66. The molecule has 1 aromatic rings. The monoisotopic (exact) mass is 285 g/mol. The molecule has 0 bridgehead atoms. The van der Waals surface area contributed by atoms with Gasteiger partial charge in [0.2, 0.25) is 0 Å². The molecule has 1 aromatic heterocycles. The summed E-state index contributed by atoms with van der Waals surface area (Å²) in [6.45, 7) is 4.33. The fraction of sp³-hybridized carbons (Fsp3) is 0.667. The van der Waals surface area contributed by atoms with Crippen molar-refractivity contribution in [2.24, 2.45) is 0 Å². The standard InChI is InChI=1S/C12H23N5OS/c1-5-6-17(8-7-16(3)4)11(18)9-10(13)15-12(14-2)19-9/h5-8,13H2,1-4H3,(H,14,15). The van der Waals surface area contributed by atoms with Gasteiger partial charge in [-0.25, -0.2) is 4.98 Å². The van der Waals surface area contributed by atoms with E-state index in [2.05, 4.69) is 22.1 Å². The largest absolute Gasteiger partial charge is 0.382 e. The number of nitrogens with zero attached hydrogens (tertiary/aromatic N) is 3. The van der Waals surface area contributed by atoms with Crippen molar-refractivity contribution >= 4 is 28.2 Å². The van der Waals surface area contributed by atoms with Crippen molar-refractivity contribution in [3.63, 3.8) is 0 Å². The summed E-state index contributed by atoms with van der Waals surface area (Å²) < 4.78 is 0. The molecule has 0 radical (unpaired) electrons. The van der Waals surface area contributed by atoms with Crippen LogP contribution in [-0.4, -0.2) is 61.5 Å². The van der Waals surface area contributed by atoms with Crippen LogP contribution in [0.15, 0.2) is 0 Å². The fourth-order valence-electron chi connectivity index (χ4n) is 1.64. The number of likely N-dealkylation sites (N-methyl/N-ethyl adjacent to an activating group) is 1. The van der Waals surface area contributed by atoms with Crippen molar-refractivity contribution in [3.8, 4) is 0 Å². The van der Waals surface area contributed by atoms with Crippen LogP contribution in [0.3, 0.4) is 0 Å². The minimum atomic E-state index is -0.0276. The molecule has 3 N–H and O–H groups in total. The first-order valence-electron chi connectivity index (χ1n) is 6.37. The molecule has 0 unspecified atom stereocenters. The Labute approximate surface area is 118 Å². The van der Waals surface area contributed by atoms with Crippen molar-refractivity contribution in [2.45, 2.75) is 13.3 Å². The number of rotatable bonds is 7. The van der Waals surface area contributed by atoms with Crippen LogP contribution in [0.5, 0.6) is 0 Å². The van der Waals surface area contributed by atoms with Crippen LogP contribution < -0.4 is 11.1 Å².